The van der Waals surface area contributed by atoms with Gasteiger partial charge in [0.15, 0.2) is 0 Å². The van der Waals surface area contributed by atoms with Gasteiger partial charge in [-0.3, -0.25) is 0 Å². The van der Waals surface area contributed by atoms with E-state index in [4.69, 9.17) is 4.74 Å². The summed E-state index contributed by atoms with van der Waals surface area (Å²) in [6.07, 6.45) is 7.20. The van der Waals surface area contributed by atoms with E-state index in [-0.39, 0.29) is 0 Å². The van der Waals surface area contributed by atoms with Crippen molar-refractivity contribution < 1.29 is 4.74 Å². The smallest absolute Gasteiger partial charge is 0.0594 e. The lowest BCUT2D eigenvalue weighted by Gasteiger charge is -2.27. The molecule has 0 spiro atoms. The van der Waals surface area contributed by atoms with Crippen LogP contribution in [0.1, 0.15) is 32.1 Å². The average molecular weight is 228 g/mol. The van der Waals surface area contributed by atoms with E-state index in [0.29, 0.717) is 0 Å². The van der Waals surface area contributed by atoms with Gasteiger partial charge in [0.25, 0.3) is 0 Å². The summed E-state index contributed by atoms with van der Waals surface area (Å²) in [7, 11) is 6.49. The molecule has 96 valence electrons. The fourth-order valence-electron chi connectivity index (χ4n) is 2.25. The van der Waals surface area contributed by atoms with E-state index in [9.17, 15) is 0 Å². The second-order valence-corrected chi connectivity index (χ2v) is 5.17. The highest BCUT2D eigenvalue weighted by Crippen LogP contribution is 2.20. The Labute approximate surface area is 101 Å². The highest BCUT2D eigenvalue weighted by Gasteiger charge is 2.13. The molecule has 0 aromatic heterocycles. The van der Waals surface area contributed by atoms with Crippen molar-refractivity contribution in [3.05, 3.63) is 0 Å². The first-order chi connectivity index (χ1) is 7.70. The second kappa shape index (κ2) is 8.04. The summed E-state index contributed by atoms with van der Waals surface area (Å²) in [6.45, 7) is 4.02. The zero-order valence-corrected chi connectivity index (χ0v) is 11.2. The van der Waals surface area contributed by atoms with E-state index >= 15 is 0 Å². The van der Waals surface area contributed by atoms with Crippen LogP contribution in [0.4, 0.5) is 0 Å². The topological polar surface area (TPSA) is 15.7 Å². The maximum atomic E-state index is 5.10. The van der Waals surface area contributed by atoms with Gasteiger partial charge < -0.3 is 14.5 Å². The predicted octanol–water partition coefficient (Wildman–Crippen LogP) is 1.83. The van der Waals surface area contributed by atoms with Gasteiger partial charge in [-0.2, -0.15) is 0 Å². The van der Waals surface area contributed by atoms with E-state index < -0.39 is 0 Å². The fraction of sp³-hybridized carbons (Fsp3) is 1.00. The molecule has 2 fully saturated rings. The summed E-state index contributed by atoms with van der Waals surface area (Å²) in [5.74, 6) is 0. The Balaban J connectivity index is 0.000000165. The van der Waals surface area contributed by atoms with Gasteiger partial charge in [0.1, 0.15) is 0 Å². The first-order valence-electron chi connectivity index (χ1n) is 6.63. The quantitative estimate of drug-likeness (QED) is 0.681. The summed E-state index contributed by atoms with van der Waals surface area (Å²) < 4.78 is 5.10. The molecular formula is C13H28N2O. The molecule has 2 aliphatic rings. The van der Waals surface area contributed by atoms with E-state index in [1.165, 1.54) is 32.1 Å². The molecule has 2 rings (SSSR count). The van der Waals surface area contributed by atoms with Gasteiger partial charge in [-0.1, -0.05) is 19.3 Å². The summed E-state index contributed by atoms with van der Waals surface area (Å²) in [6, 6.07) is 0.888. The van der Waals surface area contributed by atoms with Gasteiger partial charge in [-0.25, -0.2) is 0 Å². The molecule has 0 radical (unpaired) electrons. The number of ether oxygens (including phenoxy) is 1. The van der Waals surface area contributed by atoms with Gasteiger partial charge in [0.2, 0.25) is 0 Å². The van der Waals surface area contributed by atoms with E-state index in [0.717, 1.165) is 32.3 Å². The minimum atomic E-state index is 0.888. The highest BCUT2D eigenvalue weighted by atomic mass is 16.5. The standard InChI is InChI=1S/C8H17N.C5H11NO/c1-9(2)8-6-4-3-5-7-8;1-6-2-4-7-5-3-6/h8H,3-7H2,1-2H3;2-5H2,1H3. The van der Waals surface area contributed by atoms with Crippen LogP contribution < -0.4 is 0 Å². The number of hydrogen-bond donors (Lipinski definition) is 0. The van der Waals surface area contributed by atoms with Gasteiger partial charge in [-0.05, 0) is 34.0 Å². The second-order valence-electron chi connectivity index (χ2n) is 5.17. The van der Waals surface area contributed by atoms with Gasteiger partial charge in [-0.15, -0.1) is 0 Å². The Bertz CT molecular complexity index is 161. The van der Waals surface area contributed by atoms with Crippen molar-refractivity contribution in [1.82, 2.24) is 9.80 Å². The van der Waals surface area contributed by atoms with Crippen molar-refractivity contribution in [3.63, 3.8) is 0 Å². The lowest BCUT2D eigenvalue weighted by atomic mass is 9.95. The molecule has 0 atom stereocenters. The Hall–Kier alpha value is -0.120. The zero-order chi connectivity index (χ0) is 11.8. The van der Waals surface area contributed by atoms with Crippen LogP contribution in [-0.2, 0) is 4.74 Å². The molecule has 0 N–H and O–H groups in total. The summed E-state index contributed by atoms with van der Waals surface area (Å²) in [4.78, 5) is 4.63. The Morgan fingerprint density at radius 2 is 1.56 bits per heavy atom. The molecule has 1 heterocycles. The number of likely N-dealkylation sites (N-methyl/N-ethyl adjacent to an activating group) is 1. The van der Waals surface area contributed by atoms with Crippen LogP contribution in [-0.4, -0.2) is 63.3 Å². The minimum absolute atomic E-state index is 0.888. The molecule has 0 aromatic carbocycles. The molecule has 0 amide bonds. The van der Waals surface area contributed by atoms with Crippen molar-refractivity contribution in [3.8, 4) is 0 Å². The number of hydrogen-bond acceptors (Lipinski definition) is 3. The molecule has 3 heteroatoms. The van der Waals surface area contributed by atoms with Crippen LogP contribution in [0, 0.1) is 0 Å². The first kappa shape index (κ1) is 13.9. The molecule has 0 aromatic rings. The van der Waals surface area contributed by atoms with Crippen molar-refractivity contribution in [2.75, 3.05) is 47.4 Å². The van der Waals surface area contributed by atoms with Crippen molar-refractivity contribution in [1.29, 1.82) is 0 Å². The molecule has 16 heavy (non-hydrogen) atoms. The highest BCUT2D eigenvalue weighted by molar-refractivity contribution is 4.70. The fourth-order valence-corrected chi connectivity index (χ4v) is 2.25. The summed E-state index contributed by atoms with van der Waals surface area (Å²) in [5, 5.41) is 0. The summed E-state index contributed by atoms with van der Waals surface area (Å²) >= 11 is 0. The van der Waals surface area contributed by atoms with Crippen LogP contribution in [0.3, 0.4) is 0 Å². The molecule has 1 aliphatic carbocycles. The monoisotopic (exact) mass is 228 g/mol. The van der Waals surface area contributed by atoms with Crippen LogP contribution in [0.15, 0.2) is 0 Å². The molecule has 0 unspecified atom stereocenters. The van der Waals surface area contributed by atoms with E-state index in [1.54, 1.807) is 0 Å². The van der Waals surface area contributed by atoms with E-state index in [2.05, 4.69) is 30.9 Å². The van der Waals surface area contributed by atoms with Crippen LogP contribution in [0.5, 0.6) is 0 Å². The third kappa shape index (κ3) is 5.83. The average Bonchev–Trinajstić information content (AvgIpc) is 2.32. The van der Waals surface area contributed by atoms with Gasteiger partial charge in [0, 0.05) is 19.1 Å². The lowest BCUT2D eigenvalue weighted by molar-refractivity contribution is 0.0503. The number of rotatable bonds is 1. The Kier molecular flexibility index (Phi) is 7.01. The molecule has 0 bridgehead atoms. The molecular weight excluding hydrogens is 200 g/mol. The largest absolute Gasteiger partial charge is 0.379 e. The molecule has 1 aliphatic heterocycles. The summed E-state index contributed by atoms with van der Waals surface area (Å²) in [5.41, 5.74) is 0. The number of morpholine rings is 1. The van der Waals surface area contributed by atoms with Crippen molar-refractivity contribution in [2.24, 2.45) is 0 Å². The van der Waals surface area contributed by atoms with Crippen molar-refractivity contribution >= 4 is 0 Å². The van der Waals surface area contributed by atoms with Crippen LogP contribution >= 0.6 is 0 Å². The molecule has 3 nitrogen and oxygen atoms in total. The maximum Gasteiger partial charge on any atom is 0.0594 e. The van der Waals surface area contributed by atoms with Gasteiger partial charge >= 0.3 is 0 Å². The zero-order valence-electron chi connectivity index (χ0n) is 11.2. The Morgan fingerprint density at radius 3 is 1.88 bits per heavy atom. The van der Waals surface area contributed by atoms with Crippen LogP contribution in [0.25, 0.3) is 0 Å². The van der Waals surface area contributed by atoms with Gasteiger partial charge in [0.05, 0.1) is 13.2 Å². The SMILES string of the molecule is CN(C)C1CCCCC1.CN1CCOCC1. The normalized spacial score (nSPS) is 24.0. The molecule has 1 saturated carbocycles. The van der Waals surface area contributed by atoms with Crippen molar-refractivity contribution in [2.45, 2.75) is 38.1 Å². The predicted molar refractivity (Wildman–Crippen MR) is 68.9 cm³/mol. The third-order valence-corrected chi connectivity index (χ3v) is 3.54. The lowest BCUT2D eigenvalue weighted by Crippen LogP contribution is -2.32. The third-order valence-electron chi connectivity index (χ3n) is 3.54. The minimum Gasteiger partial charge on any atom is -0.379 e. The first-order valence-corrected chi connectivity index (χ1v) is 6.63. The van der Waals surface area contributed by atoms with Crippen LogP contribution in [0.2, 0.25) is 0 Å². The Morgan fingerprint density at radius 1 is 1.00 bits per heavy atom. The van der Waals surface area contributed by atoms with E-state index in [1.807, 2.05) is 0 Å². The molecule has 1 saturated heterocycles. The maximum absolute atomic E-state index is 5.10. The number of nitrogens with zero attached hydrogens (tertiary/aromatic N) is 2.